The second-order valence-corrected chi connectivity index (χ2v) is 7.11. The van der Waals surface area contributed by atoms with Crippen LogP contribution in [0.15, 0.2) is 36.7 Å². The molecule has 1 aliphatic heterocycles. The van der Waals surface area contributed by atoms with Crippen LogP contribution in [0, 0.1) is 0 Å². The normalized spacial score (nSPS) is 14.5. The lowest BCUT2D eigenvalue weighted by Gasteiger charge is -2.27. The number of morpholine rings is 1. The van der Waals surface area contributed by atoms with Crippen molar-refractivity contribution in [2.45, 2.75) is 6.18 Å². The van der Waals surface area contributed by atoms with Gasteiger partial charge in [0.05, 0.1) is 24.5 Å². The van der Waals surface area contributed by atoms with Gasteiger partial charge in [-0.15, -0.1) is 0 Å². The molecule has 0 unspecified atom stereocenters. The van der Waals surface area contributed by atoms with Crippen LogP contribution in [-0.4, -0.2) is 46.2 Å². The summed E-state index contributed by atoms with van der Waals surface area (Å²) in [6.45, 7) is 1.93. The molecule has 4 rings (SSSR count). The topological polar surface area (TPSA) is 102 Å². The Morgan fingerprint density at radius 1 is 1.06 bits per heavy atom. The zero-order valence-electron chi connectivity index (χ0n) is 16.0. The van der Waals surface area contributed by atoms with Crippen molar-refractivity contribution < 1.29 is 17.9 Å². The van der Waals surface area contributed by atoms with Gasteiger partial charge in [-0.1, -0.05) is 11.6 Å². The number of rotatable bonds is 4. The molecule has 1 saturated heterocycles. The quantitative estimate of drug-likeness (QED) is 0.618. The molecule has 31 heavy (non-hydrogen) atoms. The number of ether oxygens (including phenoxy) is 1. The van der Waals surface area contributed by atoms with E-state index in [4.69, 9.17) is 22.1 Å². The van der Waals surface area contributed by atoms with E-state index in [-0.39, 0.29) is 28.8 Å². The van der Waals surface area contributed by atoms with Gasteiger partial charge >= 0.3 is 6.18 Å². The lowest BCUT2D eigenvalue weighted by molar-refractivity contribution is -0.137. The number of hydrogen-bond donors (Lipinski definition) is 2. The second-order valence-electron chi connectivity index (χ2n) is 6.67. The third kappa shape index (κ3) is 4.94. The number of pyridine rings is 2. The lowest BCUT2D eigenvalue weighted by Crippen LogP contribution is -2.37. The first-order valence-electron chi connectivity index (χ1n) is 9.23. The molecule has 1 aliphatic rings. The van der Waals surface area contributed by atoms with Crippen molar-refractivity contribution in [2.75, 3.05) is 42.3 Å². The Kier molecular flexibility index (Phi) is 5.79. The molecule has 0 radical (unpaired) electrons. The fourth-order valence-corrected chi connectivity index (χ4v) is 3.22. The van der Waals surface area contributed by atoms with E-state index in [2.05, 4.69) is 25.3 Å². The summed E-state index contributed by atoms with van der Waals surface area (Å²) in [4.78, 5) is 18.7. The molecule has 162 valence electrons. The monoisotopic (exact) mass is 451 g/mol. The summed E-state index contributed by atoms with van der Waals surface area (Å²) < 4.78 is 46.3. The molecule has 3 aromatic heterocycles. The average molecular weight is 452 g/mol. The molecule has 12 heteroatoms. The number of aromatic nitrogens is 4. The standard InChI is InChI=1S/C19H17ClF3N7O/c20-11-1-2-25-16(7-11)28-17-9-14(27-18(29-17)30-3-5-31-6-4-30)12-10-26-15(24)8-13(12)19(21,22)23/h1-2,7-10H,3-6H2,(H2,24,26)(H,25,27,28,29). The average Bonchev–Trinajstić information content (AvgIpc) is 2.73. The third-order valence-corrected chi connectivity index (χ3v) is 4.73. The highest BCUT2D eigenvalue weighted by Gasteiger charge is 2.35. The molecule has 0 amide bonds. The maximum atomic E-state index is 13.7. The third-order valence-electron chi connectivity index (χ3n) is 4.49. The minimum Gasteiger partial charge on any atom is -0.384 e. The van der Waals surface area contributed by atoms with Crippen molar-refractivity contribution >= 4 is 35.0 Å². The lowest BCUT2D eigenvalue weighted by atomic mass is 10.1. The van der Waals surface area contributed by atoms with Crippen molar-refractivity contribution in [2.24, 2.45) is 0 Å². The van der Waals surface area contributed by atoms with Crippen LogP contribution in [0.1, 0.15) is 5.56 Å². The van der Waals surface area contributed by atoms with Crippen LogP contribution in [0.25, 0.3) is 11.3 Å². The van der Waals surface area contributed by atoms with E-state index >= 15 is 0 Å². The van der Waals surface area contributed by atoms with Gasteiger partial charge in [-0.2, -0.15) is 18.2 Å². The summed E-state index contributed by atoms with van der Waals surface area (Å²) in [5, 5.41) is 3.42. The van der Waals surface area contributed by atoms with Gasteiger partial charge in [-0.25, -0.2) is 15.0 Å². The van der Waals surface area contributed by atoms with Gasteiger partial charge in [0, 0.05) is 42.1 Å². The molecule has 0 spiro atoms. The molecule has 3 N–H and O–H groups in total. The molecule has 8 nitrogen and oxygen atoms in total. The van der Waals surface area contributed by atoms with Crippen molar-refractivity contribution in [3.63, 3.8) is 0 Å². The smallest absolute Gasteiger partial charge is 0.384 e. The van der Waals surface area contributed by atoms with E-state index in [1.807, 2.05) is 4.90 Å². The van der Waals surface area contributed by atoms with Crippen LogP contribution < -0.4 is 16.0 Å². The predicted molar refractivity (Wildman–Crippen MR) is 110 cm³/mol. The van der Waals surface area contributed by atoms with Gasteiger partial charge in [0.1, 0.15) is 17.5 Å². The van der Waals surface area contributed by atoms with E-state index in [0.717, 1.165) is 12.3 Å². The van der Waals surface area contributed by atoms with Crippen molar-refractivity contribution in [3.8, 4) is 11.3 Å². The molecular formula is C19H17ClF3N7O. The van der Waals surface area contributed by atoms with Gasteiger partial charge in [0.15, 0.2) is 0 Å². The first-order chi connectivity index (χ1) is 14.8. The fourth-order valence-electron chi connectivity index (χ4n) is 3.06. The number of anilines is 4. The van der Waals surface area contributed by atoms with Crippen LogP contribution in [0.4, 0.5) is 36.6 Å². The summed E-state index contributed by atoms with van der Waals surface area (Å²) in [7, 11) is 0. The molecule has 0 saturated carbocycles. The molecule has 3 aromatic rings. The first kappa shape index (κ1) is 21.1. The van der Waals surface area contributed by atoms with Crippen molar-refractivity contribution in [1.29, 1.82) is 0 Å². The number of nitrogens with one attached hydrogen (secondary N) is 1. The highest BCUT2D eigenvalue weighted by molar-refractivity contribution is 6.30. The number of nitrogens with two attached hydrogens (primary N) is 1. The Bertz CT molecular complexity index is 1090. The van der Waals surface area contributed by atoms with Gasteiger partial charge in [-0.3, -0.25) is 0 Å². The van der Waals surface area contributed by atoms with E-state index in [1.54, 1.807) is 12.1 Å². The summed E-state index contributed by atoms with van der Waals surface area (Å²) in [6, 6.07) is 5.36. The fraction of sp³-hybridized carbons (Fsp3) is 0.263. The van der Waals surface area contributed by atoms with E-state index in [0.29, 0.717) is 37.1 Å². The molecule has 4 heterocycles. The molecule has 0 aromatic carbocycles. The maximum Gasteiger partial charge on any atom is 0.417 e. The van der Waals surface area contributed by atoms with Crippen molar-refractivity contribution in [1.82, 2.24) is 19.9 Å². The Hall–Kier alpha value is -3.18. The molecule has 1 fully saturated rings. The summed E-state index contributed by atoms with van der Waals surface area (Å²) in [5.74, 6) is 0.665. The summed E-state index contributed by atoms with van der Waals surface area (Å²) >= 11 is 6.00. The SMILES string of the molecule is Nc1cc(C(F)(F)F)c(-c2cc(Nc3cc(Cl)ccn3)nc(N3CCOCC3)n2)cn1. The van der Waals surface area contributed by atoms with E-state index in [1.165, 1.54) is 12.3 Å². The molecular weight excluding hydrogens is 435 g/mol. The van der Waals surface area contributed by atoms with Crippen LogP contribution >= 0.6 is 11.6 Å². The molecule has 0 atom stereocenters. The number of alkyl halides is 3. The van der Waals surface area contributed by atoms with E-state index < -0.39 is 11.7 Å². The first-order valence-corrected chi connectivity index (χ1v) is 9.61. The minimum absolute atomic E-state index is 0.0424. The minimum atomic E-state index is -4.64. The number of halogens is 4. The van der Waals surface area contributed by atoms with Gasteiger partial charge in [0.2, 0.25) is 5.95 Å². The Morgan fingerprint density at radius 3 is 2.55 bits per heavy atom. The van der Waals surface area contributed by atoms with Crippen molar-refractivity contribution in [3.05, 3.63) is 47.2 Å². The number of nitrogen functional groups attached to an aromatic ring is 1. The number of hydrogen-bond acceptors (Lipinski definition) is 8. The molecule has 0 bridgehead atoms. The second kappa shape index (κ2) is 8.52. The Balaban J connectivity index is 1.82. The summed E-state index contributed by atoms with van der Waals surface area (Å²) in [5.41, 5.74) is 4.40. The van der Waals surface area contributed by atoms with Crippen LogP contribution in [-0.2, 0) is 10.9 Å². The van der Waals surface area contributed by atoms with Gasteiger partial charge in [0.25, 0.3) is 0 Å². The van der Waals surface area contributed by atoms with Gasteiger partial charge in [-0.05, 0) is 18.2 Å². The largest absolute Gasteiger partial charge is 0.417 e. The Morgan fingerprint density at radius 2 is 1.84 bits per heavy atom. The van der Waals surface area contributed by atoms with Gasteiger partial charge < -0.3 is 20.7 Å². The molecule has 0 aliphatic carbocycles. The maximum absolute atomic E-state index is 13.7. The Labute approximate surface area is 180 Å². The van der Waals surface area contributed by atoms with E-state index in [9.17, 15) is 13.2 Å². The van der Waals surface area contributed by atoms with Crippen LogP contribution in [0.3, 0.4) is 0 Å². The zero-order valence-corrected chi connectivity index (χ0v) is 16.8. The van der Waals surface area contributed by atoms with Crippen LogP contribution in [0.2, 0.25) is 5.02 Å². The zero-order chi connectivity index (χ0) is 22.0. The highest BCUT2D eigenvalue weighted by Crippen LogP contribution is 2.38. The highest BCUT2D eigenvalue weighted by atomic mass is 35.5. The predicted octanol–water partition coefficient (Wildman–Crippen LogP) is 3.77. The summed E-state index contributed by atoms with van der Waals surface area (Å²) in [6.07, 6.45) is -2.08. The number of nitrogens with zero attached hydrogens (tertiary/aromatic N) is 5. The van der Waals surface area contributed by atoms with Crippen LogP contribution in [0.5, 0.6) is 0 Å².